The van der Waals surface area contributed by atoms with E-state index in [1.807, 2.05) is 0 Å². The van der Waals surface area contributed by atoms with Crippen molar-refractivity contribution < 1.29 is 0 Å². The summed E-state index contributed by atoms with van der Waals surface area (Å²) in [6.45, 7) is 4.87. The Morgan fingerprint density at radius 3 is 2.17 bits per heavy atom. The van der Waals surface area contributed by atoms with Gasteiger partial charge in [-0.15, -0.1) is 0 Å². The molecular weight excluding hydrogens is 144 g/mol. The summed E-state index contributed by atoms with van der Waals surface area (Å²) in [6.07, 6.45) is 9.13. The van der Waals surface area contributed by atoms with Crippen molar-refractivity contribution in [2.75, 3.05) is 0 Å². The van der Waals surface area contributed by atoms with E-state index in [0.29, 0.717) is 0 Å². The number of fused-ring (bicyclic) bond motifs is 2. The standard InChI is InChI=1S/C12H22/c1-3-10-7-11-5-4-6-12(8-10)9(11)2/h9-12H,3-8H2,1-2H3. The third-order valence-corrected chi connectivity index (χ3v) is 4.49. The molecule has 2 fully saturated rings. The second kappa shape index (κ2) is 3.40. The van der Waals surface area contributed by atoms with Crippen molar-refractivity contribution in [3.8, 4) is 0 Å². The molecular formula is C12H22. The molecule has 0 aliphatic heterocycles. The van der Waals surface area contributed by atoms with Gasteiger partial charge in [0.15, 0.2) is 0 Å². The molecule has 2 unspecified atom stereocenters. The SMILES string of the molecule is CCC1CC2CCCC(C1)C2C. The van der Waals surface area contributed by atoms with Crippen LogP contribution in [0.25, 0.3) is 0 Å². The van der Waals surface area contributed by atoms with Gasteiger partial charge in [0.1, 0.15) is 0 Å². The minimum atomic E-state index is 1.06. The zero-order valence-electron chi connectivity index (χ0n) is 8.55. The summed E-state index contributed by atoms with van der Waals surface area (Å²) >= 11 is 0. The number of hydrogen-bond acceptors (Lipinski definition) is 0. The summed E-state index contributed by atoms with van der Waals surface area (Å²) in [6, 6.07) is 0. The second-order valence-corrected chi connectivity index (χ2v) is 5.06. The van der Waals surface area contributed by atoms with Gasteiger partial charge in [-0.1, -0.05) is 39.5 Å². The van der Waals surface area contributed by atoms with E-state index in [0.717, 1.165) is 23.7 Å². The van der Waals surface area contributed by atoms with Crippen LogP contribution in [0.3, 0.4) is 0 Å². The Labute approximate surface area is 76.7 Å². The van der Waals surface area contributed by atoms with E-state index in [4.69, 9.17) is 0 Å². The molecule has 0 heterocycles. The van der Waals surface area contributed by atoms with Crippen molar-refractivity contribution in [1.82, 2.24) is 0 Å². The summed E-state index contributed by atoms with van der Waals surface area (Å²) in [4.78, 5) is 0. The highest BCUT2D eigenvalue weighted by Crippen LogP contribution is 2.47. The zero-order chi connectivity index (χ0) is 8.55. The lowest BCUT2D eigenvalue weighted by Gasteiger charge is -2.44. The predicted octanol–water partition coefficient (Wildman–Crippen LogP) is 3.86. The van der Waals surface area contributed by atoms with Gasteiger partial charge in [0, 0.05) is 0 Å². The lowest BCUT2D eigenvalue weighted by atomic mass is 9.62. The third-order valence-electron chi connectivity index (χ3n) is 4.49. The van der Waals surface area contributed by atoms with Gasteiger partial charge >= 0.3 is 0 Å². The summed E-state index contributed by atoms with van der Waals surface area (Å²) in [7, 11) is 0. The van der Waals surface area contributed by atoms with Crippen molar-refractivity contribution in [1.29, 1.82) is 0 Å². The van der Waals surface area contributed by atoms with Gasteiger partial charge in [0.05, 0.1) is 0 Å². The molecule has 0 N–H and O–H groups in total. The molecule has 2 aliphatic rings. The zero-order valence-corrected chi connectivity index (χ0v) is 8.55. The molecule has 2 aliphatic carbocycles. The molecule has 0 aromatic carbocycles. The van der Waals surface area contributed by atoms with Gasteiger partial charge in [-0.05, 0) is 36.5 Å². The first-order valence-corrected chi connectivity index (χ1v) is 5.81. The fourth-order valence-corrected chi connectivity index (χ4v) is 3.50. The van der Waals surface area contributed by atoms with E-state index in [9.17, 15) is 0 Å². The van der Waals surface area contributed by atoms with Crippen LogP contribution in [0.15, 0.2) is 0 Å². The van der Waals surface area contributed by atoms with Gasteiger partial charge < -0.3 is 0 Å². The molecule has 0 aromatic heterocycles. The lowest BCUT2D eigenvalue weighted by molar-refractivity contribution is 0.0661. The first-order chi connectivity index (χ1) is 5.81. The minimum absolute atomic E-state index is 1.06. The Kier molecular flexibility index (Phi) is 2.43. The molecule has 0 radical (unpaired) electrons. The van der Waals surface area contributed by atoms with Gasteiger partial charge in [-0.25, -0.2) is 0 Å². The molecule has 2 rings (SSSR count). The molecule has 2 atom stereocenters. The van der Waals surface area contributed by atoms with E-state index in [1.54, 1.807) is 12.8 Å². The van der Waals surface area contributed by atoms with Crippen LogP contribution in [0, 0.1) is 23.7 Å². The van der Waals surface area contributed by atoms with Gasteiger partial charge in [0.25, 0.3) is 0 Å². The molecule has 2 bridgehead atoms. The average molecular weight is 166 g/mol. The molecule has 0 aromatic rings. The van der Waals surface area contributed by atoms with Crippen LogP contribution in [0.4, 0.5) is 0 Å². The molecule has 12 heavy (non-hydrogen) atoms. The van der Waals surface area contributed by atoms with Crippen molar-refractivity contribution in [2.24, 2.45) is 23.7 Å². The summed E-state index contributed by atoms with van der Waals surface area (Å²) in [5.41, 5.74) is 0. The van der Waals surface area contributed by atoms with Gasteiger partial charge in [0.2, 0.25) is 0 Å². The summed E-state index contributed by atoms with van der Waals surface area (Å²) < 4.78 is 0. The Morgan fingerprint density at radius 2 is 1.67 bits per heavy atom. The van der Waals surface area contributed by atoms with Crippen LogP contribution in [-0.4, -0.2) is 0 Å². The first kappa shape index (κ1) is 8.59. The van der Waals surface area contributed by atoms with E-state index in [-0.39, 0.29) is 0 Å². The molecule has 0 spiro atoms. The van der Waals surface area contributed by atoms with Crippen LogP contribution in [0.2, 0.25) is 0 Å². The molecule has 2 saturated carbocycles. The van der Waals surface area contributed by atoms with Crippen LogP contribution in [-0.2, 0) is 0 Å². The maximum absolute atomic E-state index is 2.50. The van der Waals surface area contributed by atoms with E-state index < -0.39 is 0 Å². The van der Waals surface area contributed by atoms with E-state index in [2.05, 4.69) is 13.8 Å². The van der Waals surface area contributed by atoms with Crippen molar-refractivity contribution >= 4 is 0 Å². The number of hydrogen-bond donors (Lipinski definition) is 0. The van der Waals surface area contributed by atoms with Crippen LogP contribution >= 0.6 is 0 Å². The topological polar surface area (TPSA) is 0 Å². The van der Waals surface area contributed by atoms with E-state index in [1.165, 1.54) is 25.7 Å². The highest BCUT2D eigenvalue weighted by Gasteiger charge is 2.36. The summed E-state index contributed by atoms with van der Waals surface area (Å²) in [5, 5.41) is 0. The largest absolute Gasteiger partial charge is 0.0651 e. The predicted molar refractivity (Wildman–Crippen MR) is 53.0 cm³/mol. The fourth-order valence-electron chi connectivity index (χ4n) is 3.50. The van der Waals surface area contributed by atoms with E-state index >= 15 is 0 Å². The Morgan fingerprint density at radius 1 is 1.08 bits per heavy atom. The Bertz CT molecular complexity index is 136. The molecule has 70 valence electrons. The quantitative estimate of drug-likeness (QED) is 0.555. The smallest absolute Gasteiger partial charge is 0.0383 e. The molecule has 0 saturated heterocycles. The normalized spacial score (nSPS) is 47.5. The highest BCUT2D eigenvalue weighted by atomic mass is 14.4. The number of rotatable bonds is 1. The van der Waals surface area contributed by atoms with Crippen molar-refractivity contribution in [2.45, 2.75) is 52.4 Å². The fraction of sp³-hybridized carbons (Fsp3) is 1.00. The van der Waals surface area contributed by atoms with Crippen LogP contribution in [0.5, 0.6) is 0 Å². The van der Waals surface area contributed by atoms with Gasteiger partial charge in [-0.2, -0.15) is 0 Å². The molecule has 0 nitrogen and oxygen atoms in total. The Hall–Kier alpha value is 0. The lowest BCUT2D eigenvalue weighted by Crippen LogP contribution is -2.34. The first-order valence-electron chi connectivity index (χ1n) is 5.81. The van der Waals surface area contributed by atoms with Crippen molar-refractivity contribution in [3.63, 3.8) is 0 Å². The third kappa shape index (κ3) is 1.41. The van der Waals surface area contributed by atoms with Crippen molar-refractivity contribution in [3.05, 3.63) is 0 Å². The average Bonchev–Trinajstić information content (AvgIpc) is 2.04. The molecule has 0 amide bonds. The Balaban J connectivity index is 2.02. The molecule has 0 heteroatoms. The second-order valence-electron chi connectivity index (χ2n) is 5.06. The van der Waals surface area contributed by atoms with Crippen LogP contribution < -0.4 is 0 Å². The van der Waals surface area contributed by atoms with Gasteiger partial charge in [-0.3, -0.25) is 0 Å². The maximum Gasteiger partial charge on any atom is -0.0383 e. The maximum atomic E-state index is 2.50. The summed E-state index contributed by atoms with van der Waals surface area (Å²) in [5.74, 6) is 4.34. The highest BCUT2D eigenvalue weighted by molar-refractivity contribution is 4.87. The monoisotopic (exact) mass is 166 g/mol. The van der Waals surface area contributed by atoms with Crippen LogP contribution in [0.1, 0.15) is 52.4 Å². The minimum Gasteiger partial charge on any atom is -0.0651 e.